The first-order valence-electron chi connectivity index (χ1n) is 9.91. The summed E-state index contributed by atoms with van der Waals surface area (Å²) in [7, 11) is 0. The Balaban J connectivity index is 1.34. The zero-order chi connectivity index (χ0) is 22.0. The second-order valence-corrected chi connectivity index (χ2v) is 7.63. The molecule has 0 radical (unpaired) electrons. The molecule has 0 aliphatic carbocycles. The van der Waals surface area contributed by atoms with E-state index in [1.807, 2.05) is 13.0 Å². The van der Waals surface area contributed by atoms with E-state index in [-0.39, 0.29) is 17.8 Å². The Morgan fingerprint density at radius 3 is 2.55 bits per heavy atom. The number of nitrogens with zero attached hydrogens (tertiary/aromatic N) is 3. The summed E-state index contributed by atoms with van der Waals surface area (Å²) in [5.41, 5.74) is 3.42. The molecule has 6 nitrogen and oxygen atoms in total. The van der Waals surface area contributed by atoms with Crippen molar-refractivity contribution in [2.45, 2.75) is 32.1 Å². The maximum atomic E-state index is 12.6. The van der Waals surface area contributed by atoms with Gasteiger partial charge in [0.1, 0.15) is 0 Å². The van der Waals surface area contributed by atoms with Crippen molar-refractivity contribution >= 4 is 5.91 Å². The van der Waals surface area contributed by atoms with Gasteiger partial charge in [-0.3, -0.25) is 9.69 Å². The first kappa shape index (κ1) is 21.0. The molecule has 31 heavy (non-hydrogen) atoms. The lowest BCUT2D eigenvalue weighted by atomic mass is 9.99. The second-order valence-electron chi connectivity index (χ2n) is 7.63. The number of nitrogens with one attached hydrogen (secondary N) is 1. The molecule has 2 heterocycles. The summed E-state index contributed by atoms with van der Waals surface area (Å²) >= 11 is 0. The predicted molar refractivity (Wildman–Crippen MR) is 107 cm³/mol. The van der Waals surface area contributed by atoms with E-state index in [1.165, 1.54) is 35.4 Å². The molecule has 9 heteroatoms. The smallest absolute Gasteiger partial charge is 0.348 e. The van der Waals surface area contributed by atoms with Crippen LogP contribution >= 0.6 is 0 Å². The monoisotopic (exact) mass is 430 g/mol. The Labute approximate surface area is 177 Å². The molecule has 1 aromatic heterocycles. The summed E-state index contributed by atoms with van der Waals surface area (Å²) in [6.07, 6.45) is -3.71. The topological polar surface area (TPSA) is 71.3 Å². The maximum Gasteiger partial charge on any atom is 0.471 e. The van der Waals surface area contributed by atoms with Crippen LogP contribution in [0.25, 0.3) is 11.4 Å². The number of rotatable bonds is 5. The highest BCUT2D eigenvalue weighted by Gasteiger charge is 2.38. The third kappa shape index (κ3) is 4.93. The Morgan fingerprint density at radius 1 is 1.16 bits per heavy atom. The number of fused-ring (bicyclic) bond motifs is 1. The molecular formula is C22H21F3N4O2. The van der Waals surface area contributed by atoms with Gasteiger partial charge in [-0.25, -0.2) is 0 Å². The van der Waals surface area contributed by atoms with Crippen LogP contribution in [-0.4, -0.2) is 40.1 Å². The molecule has 0 bridgehead atoms. The average molecular weight is 430 g/mol. The summed E-state index contributed by atoms with van der Waals surface area (Å²) in [4.78, 5) is 18.2. The van der Waals surface area contributed by atoms with Crippen molar-refractivity contribution in [3.63, 3.8) is 0 Å². The van der Waals surface area contributed by atoms with E-state index < -0.39 is 12.1 Å². The zero-order valence-electron chi connectivity index (χ0n) is 16.8. The van der Waals surface area contributed by atoms with Crippen LogP contribution in [0.5, 0.6) is 0 Å². The highest BCUT2D eigenvalue weighted by molar-refractivity contribution is 5.94. The molecule has 0 saturated carbocycles. The van der Waals surface area contributed by atoms with Gasteiger partial charge in [0.15, 0.2) is 0 Å². The van der Waals surface area contributed by atoms with E-state index in [1.54, 1.807) is 0 Å². The fourth-order valence-corrected chi connectivity index (χ4v) is 3.68. The van der Waals surface area contributed by atoms with E-state index in [4.69, 9.17) is 0 Å². The number of amides is 1. The molecule has 0 spiro atoms. The van der Waals surface area contributed by atoms with Crippen molar-refractivity contribution in [2.75, 3.05) is 13.1 Å². The fourth-order valence-electron chi connectivity index (χ4n) is 3.68. The Bertz CT molecular complexity index is 1060. The molecule has 1 unspecified atom stereocenters. The molecule has 1 amide bonds. The van der Waals surface area contributed by atoms with Crippen LogP contribution in [0.15, 0.2) is 53.1 Å². The quantitative estimate of drug-likeness (QED) is 0.664. The first-order valence-corrected chi connectivity index (χ1v) is 9.91. The summed E-state index contributed by atoms with van der Waals surface area (Å²) in [6, 6.07) is 14.3. The van der Waals surface area contributed by atoms with Crippen LogP contribution in [0.2, 0.25) is 0 Å². The molecule has 162 valence electrons. The van der Waals surface area contributed by atoms with Gasteiger partial charge >= 0.3 is 12.1 Å². The number of benzene rings is 2. The molecule has 4 rings (SSSR count). The fraction of sp³-hybridized carbons (Fsp3) is 0.318. The second kappa shape index (κ2) is 8.50. The first-order chi connectivity index (χ1) is 14.8. The molecule has 0 fully saturated rings. The number of halogens is 3. The van der Waals surface area contributed by atoms with Gasteiger partial charge in [-0.05, 0) is 36.6 Å². The highest BCUT2D eigenvalue weighted by atomic mass is 19.4. The molecule has 0 saturated heterocycles. The number of carbonyl (C=O) groups excluding carboxylic acids is 1. The maximum absolute atomic E-state index is 12.6. The van der Waals surface area contributed by atoms with Crippen LogP contribution in [-0.2, 0) is 19.1 Å². The zero-order valence-corrected chi connectivity index (χ0v) is 16.8. The van der Waals surface area contributed by atoms with Gasteiger partial charge in [-0.15, -0.1) is 0 Å². The van der Waals surface area contributed by atoms with Gasteiger partial charge in [-0.1, -0.05) is 41.6 Å². The van der Waals surface area contributed by atoms with Gasteiger partial charge in [0.2, 0.25) is 5.82 Å². The minimum Gasteiger partial charge on any atom is -0.348 e. The number of aromatic nitrogens is 2. The molecule has 1 N–H and O–H groups in total. The Hall–Kier alpha value is -3.20. The summed E-state index contributed by atoms with van der Waals surface area (Å²) < 4.78 is 42.0. The third-order valence-electron chi connectivity index (χ3n) is 5.19. The number of hydrogen-bond donors (Lipinski definition) is 1. The average Bonchev–Trinajstić information content (AvgIpc) is 3.24. The summed E-state index contributed by atoms with van der Waals surface area (Å²) in [6.45, 7) is 4.47. The van der Waals surface area contributed by atoms with Crippen molar-refractivity contribution in [1.29, 1.82) is 0 Å². The lowest BCUT2D eigenvalue weighted by Gasteiger charge is -2.31. The summed E-state index contributed by atoms with van der Waals surface area (Å²) in [5, 5.41) is 6.32. The van der Waals surface area contributed by atoms with Crippen LogP contribution in [0.3, 0.4) is 0 Å². The van der Waals surface area contributed by atoms with E-state index in [9.17, 15) is 18.0 Å². The largest absolute Gasteiger partial charge is 0.471 e. The Morgan fingerprint density at radius 2 is 1.87 bits per heavy atom. The number of carbonyl (C=O) groups is 1. The van der Waals surface area contributed by atoms with E-state index >= 15 is 0 Å². The van der Waals surface area contributed by atoms with Crippen LogP contribution in [0.1, 0.15) is 34.3 Å². The van der Waals surface area contributed by atoms with Crippen LogP contribution < -0.4 is 5.32 Å². The van der Waals surface area contributed by atoms with Crippen molar-refractivity contribution < 1.29 is 22.5 Å². The van der Waals surface area contributed by atoms with Crippen LogP contribution in [0, 0.1) is 0 Å². The van der Waals surface area contributed by atoms with Gasteiger partial charge in [0, 0.05) is 36.8 Å². The molecule has 1 aliphatic heterocycles. The molecule has 3 aromatic rings. The lowest BCUT2D eigenvalue weighted by molar-refractivity contribution is -0.159. The van der Waals surface area contributed by atoms with Gasteiger partial charge in [0.25, 0.3) is 5.91 Å². The standard InChI is InChI=1S/C22H21F3N4O2/c1-14(12-29-11-10-15-4-2-3-5-18(15)13-29)26-20(30)17-8-6-16(7-9-17)19-27-21(31-28-19)22(23,24)25/h2-9,14H,10-13H2,1H3,(H,26,30). The van der Waals surface area contributed by atoms with Crippen molar-refractivity contribution in [2.24, 2.45) is 0 Å². The minimum atomic E-state index is -4.70. The summed E-state index contributed by atoms with van der Waals surface area (Å²) in [5.74, 6) is -1.84. The Kier molecular flexibility index (Phi) is 5.77. The lowest BCUT2D eigenvalue weighted by Crippen LogP contribution is -2.43. The van der Waals surface area contributed by atoms with Crippen LogP contribution in [0.4, 0.5) is 13.2 Å². The van der Waals surface area contributed by atoms with E-state index in [0.717, 1.165) is 26.1 Å². The van der Waals surface area contributed by atoms with Gasteiger partial charge in [0.05, 0.1) is 0 Å². The number of alkyl halides is 3. The van der Waals surface area contributed by atoms with Crippen molar-refractivity contribution in [3.05, 3.63) is 71.1 Å². The van der Waals surface area contributed by atoms with Gasteiger partial charge in [-0.2, -0.15) is 18.2 Å². The third-order valence-corrected chi connectivity index (χ3v) is 5.19. The SMILES string of the molecule is CC(CN1CCc2ccccc2C1)NC(=O)c1ccc(-c2noc(C(F)(F)F)n2)cc1. The molecular weight excluding hydrogens is 409 g/mol. The molecule has 1 aliphatic rings. The van der Waals surface area contributed by atoms with E-state index in [2.05, 4.69) is 43.1 Å². The van der Waals surface area contributed by atoms with Crippen molar-refractivity contribution in [3.8, 4) is 11.4 Å². The minimum absolute atomic E-state index is 0.0658. The van der Waals surface area contributed by atoms with E-state index in [0.29, 0.717) is 11.1 Å². The predicted octanol–water partition coefficient (Wildman–Crippen LogP) is 3.93. The highest BCUT2D eigenvalue weighted by Crippen LogP contribution is 2.29. The molecule has 2 aromatic carbocycles. The normalized spacial score (nSPS) is 15.4. The number of hydrogen-bond acceptors (Lipinski definition) is 5. The van der Waals surface area contributed by atoms with Gasteiger partial charge < -0.3 is 9.84 Å². The van der Waals surface area contributed by atoms with Crippen molar-refractivity contribution in [1.82, 2.24) is 20.4 Å². The molecule has 1 atom stereocenters.